The molecule has 2 N–H and O–H groups in total. The zero-order chi connectivity index (χ0) is 18.5. The molecule has 0 heterocycles. The lowest BCUT2D eigenvalue weighted by molar-refractivity contribution is 0.0279. The van der Waals surface area contributed by atoms with Gasteiger partial charge in [-0.25, -0.2) is 9.59 Å². The Morgan fingerprint density at radius 3 is 2.32 bits per heavy atom. The minimum atomic E-state index is -0.615. The quantitative estimate of drug-likeness (QED) is 0.542. The molecule has 0 fully saturated rings. The molecule has 0 bridgehead atoms. The second-order valence-electron chi connectivity index (χ2n) is 7.20. The van der Waals surface area contributed by atoms with Gasteiger partial charge in [0.25, 0.3) is 0 Å². The van der Waals surface area contributed by atoms with Crippen molar-refractivity contribution >= 4 is 34.6 Å². The largest absolute Gasteiger partial charge is 0.461 e. The van der Waals surface area contributed by atoms with Crippen molar-refractivity contribution in [2.45, 2.75) is 33.8 Å². The minimum absolute atomic E-state index is 0. The Kier molecular flexibility index (Phi) is 9.15. The molecular formula is C18H29BrN2O4. The number of benzene rings is 1. The predicted molar refractivity (Wildman–Crippen MR) is 104 cm³/mol. The van der Waals surface area contributed by atoms with E-state index in [1.807, 2.05) is 32.8 Å². The highest BCUT2D eigenvalue weighted by Gasteiger charge is 2.26. The van der Waals surface area contributed by atoms with Crippen LogP contribution in [0.3, 0.4) is 0 Å². The Labute approximate surface area is 160 Å². The summed E-state index contributed by atoms with van der Waals surface area (Å²) in [6.45, 7) is 8.47. The van der Waals surface area contributed by atoms with Crippen molar-refractivity contribution in [3.05, 3.63) is 29.3 Å². The van der Waals surface area contributed by atoms with E-state index in [9.17, 15) is 9.59 Å². The molecule has 25 heavy (non-hydrogen) atoms. The maximum Gasteiger partial charge on any atom is 0.341 e. The van der Waals surface area contributed by atoms with Gasteiger partial charge in [-0.1, -0.05) is 19.9 Å². The maximum atomic E-state index is 12.5. The van der Waals surface area contributed by atoms with Gasteiger partial charge in [-0.05, 0) is 40.1 Å². The van der Waals surface area contributed by atoms with Crippen LogP contribution in [0.1, 0.15) is 48.4 Å². The van der Waals surface area contributed by atoms with E-state index < -0.39 is 11.9 Å². The molecule has 0 saturated heterocycles. The van der Waals surface area contributed by atoms with Crippen LogP contribution in [0.25, 0.3) is 0 Å². The van der Waals surface area contributed by atoms with Gasteiger partial charge in [-0.2, -0.15) is 0 Å². The zero-order valence-corrected chi connectivity index (χ0v) is 17.5. The monoisotopic (exact) mass is 416 g/mol. The molecule has 1 aromatic carbocycles. The van der Waals surface area contributed by atoms with Crippen LogP contribution in [0.4, 0.5) is 5.69 Å². The number of rotatable bonds is 7. The summed E-state index contributed by atoms with van der Waals surface area (Å²) in [5, 5.41) is 0. The van der Waals surface area contributed by atoms with E-state index in [0.717, 1.165) is 6.54 Å². The molecule has 0 aliphatic heterocycles. The van der Waals surface area contributed by atoms with Gasteiger partial charge in [0.2, 0.25) is 0 Å². The van der Waals surface area contributed by atoms with Gasteiger partial charge < -0.3 is 20.1 Å². The van der Waals surface area contributed by atoms with Gasteiger partial charge in [-0.15, -0.1) is 17.0 Å². The molecule has 6 nitrogen and oxygen atoms in total. The van der Waals surface area contributed by atoms with Crippen molar-refractivity contribution in [1.82, 2.24) is 4.90 Å². The number of ether oxygens (including phenoxy) is 2. The maximum absolute atomic E-state index is 12.5. The van der Waals surface area contributed by atoms with E-state index in [1.165, 1.54) is 6.07 Å². The molecule has 1 aromatic rings. The highest BCUT2D eigenvalue weighted by molar-refractivity contribution is 8.93. The molecule has 0 atom stereocenters. The summed E-state index contributed by atoms with van der Waals surface area (Å²) in [7, 11) is 3.91. The number of esters is 2. The number of nitrogens with zero attached hydrogens (tertiary/aromatic N) is 1. The number of halogens is 1. The van der Waals surface area contributed by atoms with Crippen molar-refractivity contribution in [2.24, 2.45) is 5.41 Å². The van der Waals surface area contributed by atoms with E-state index in [1.54, 1.807) is 26.0 Å². The molecule has 7 heteroatoms. The number of nitrogens with two attached hydrogens (primary N) is 1. The Balaban J connectivity index is 0.00000576. The Hall–Kier alpha value is -1.60. The normalized spacial score (nSPS) is 11.2. The lowest BCUT2D eigenvalue weighted by atomic mass is 9.94. The van der Waals surface area contributed by atoms with Gasteiger partial charge in [0, 0.05) is 17.6 Å². The van der Waals surface area contributed by atoms with Gasteiger partial charge in [0.15, 0.2) is 0 Å². The third-order valence-electron chi connectivity index (χ3n) is 3.20. The minimum Gasteiger partial charge on any atom is -0.461 e. The number of hydrogen-bond acceptors (Lipinski definition) is 6. The molecule has 0 unspecified atom stereocenters. The fourth-order valence-electron chi connectivity index (χ4n) is 2.48. The van der Waals surface area contributed by atoms with Gasteiger partial charge >= 0.3 is 11.9 Å². The summed E-state index contributed by atoms with van der Waals surface area (Å²) in [4.78, 5) is 26.7. The second-order valence-corrected chi connectivity index (χ2v) is 7.20. The van der Waals surface area contributed by atoms with Gasteiger partial charge in [0.1, 0.15) is 0 Å². The molecule has 1 rings (SSSR count). The number of hydrogen-bond donors (Lipinski definition) is 1. The molecule has 0 aromatic heterocycles. The topological polar surface area (TPSA) is 81.9 Å². The third kappa shape index (κ3) is 7.44. The number of carbonyl (C=O) groups excluding carboxylic acids is 2. The van der Waals surface area contributed by atoms with Crippen LogP contribution in [-0.2, 0) is 9.47 Å². The highest BCUT2D eigenvalue weighted by Crippen LogP contribution is 2.22. The SMILES string of the molecule is Br.CC(C)OC(=O)c1cccc(N)c1C(=O)OCC(C)(C)CN(C)C. The molecule has 0 aliphatic carbocycles. The van der Waals surface area contributed by atoms with Crippen molar-refractivity contribution in [3.63, 3.8) is 0 Å². The predicted octanol–water partition coefficient (Wildman–Crippen LogP) is 3.16. The smallest absolute Gasteiger partial charge is 0.341 e. The van der Waals surface area contributed by atoms with E-state index in [-0.39, 0.29) is 51.9 Å². The molecule has 0 aliphatic rings. The van der Waals surface area contributed by atoms with Crippen LogP contribution in [-0.4, -0.2) is 50.2 Å². The highest BCUT2D eigenvalue weighted by atomic mass is 79.9. The average Bonchev–Trinajstić information content (AvgIpc) is 2.42. The van der Waals surface area contributed by atoms with Crippen LogP contribution in [0.5, 0.6) is 0 Å². The van der Waals surface area contributed by atoms with Crippen LogP contribution in [0.2, 0.25) is 0 Å². The Bertz CT molecular complexity index is 601. The first-order valence-electron chi connectivity index (χ1n) is 7.95. The summed E-state index contributed by atoms with van der Waals surface area (Å²) in [6.07, 6.45) is -0.290. The fraction of sp³-hybridized carbons (Fsp3) is 0.556. The van der Waals surface area contributed by atoms with E-state index in [2.05, 4.69) is 0 Å². The van der Waals surface area contributed by atoms with Crippen LogP contribution >= 0.6 is 17.0 Å². The molecule has 0 amide bonds. The number of nitrogen functional groups attached to an aromatic ring is 1. The van der Waals surface area contributed by atoms with E-state index >= 15 is 0 Å². The fourth-order valence-corrected chi connectivity index (χ4v) is 2.48. The first kappa shape index (κ1) is 23.4. The van der Waals surface area contributed by atoms with Crippen molar-refractivity contribution in [3.8, 4) is 0 Å². The number of carbonyl (C=O) groups is 2. The van der Waals surface area contributed by atoms with Crippen LogP contribution < -0.4 is 5.73 Å². The molecule has 0 radical (unpaired) electrons. The number of anilines is 1. The van der Waals surface area contributed by atoms with E-state index in [0.29, 0.717) is 0 Å². The van der Waals surface area contributed by atoms with Crippen LogP contribution in [0.15, 0.2) is 18.2 Å². The van der Waals surface area contributed by atoms with Crippen molar-refractivity contribution in [2.75, 3.05) is 33.0 Å². The lowest BCUT2D eigenvalue weighted by Crippen LogP contribution is -2.33. The first-order valence-corrected chi connectivity index (χ1v) is 7.95. The van der Waals surface area contributed by atoms with Crippen molar-refractivity contribution < 1.29 is 19.1 Å². The summed E-state index contributed by atoms with van der Waals surface area (Å²) in [5.41, 5.74) is 6.05. The average molecular weight is 417 g/mol. The van der Waals surface area contributed by atoms with Crippen LogP contribution in [0, 0.1) is 5.41 Å². The molecule has 0 spiro atoms. The van der Waals surface area contributed by atoms with Gasteiger partial charge in [-0.3, -0.25) is 0 Å². The molecular weight excluding hydrogens is 388 g/mol. The van der Waals surface area contributed by atoms with E-state index in [4.69, 9.17) is 15.2 Å². The summed E-state index contributed by atoms with van der Waals surface area (Å²) >= 11 is 0. The Morgan fingerprint density at radius 1 is 1.20 bits per heavy atom. The van der Waals surface area contributed by atoms with Crippen molar-refractivity contribution in [1.29, 1.82) is 0 Å². The standard InChI is InChI=1S/C18H28N2O4.BrH/c1-12(2)24-16(21)13-8-7-9-14(19)15(13)17(22)23-11-18(3,4)10-20(5)6;/h7-9,12H,10-11,19H2,1-6H3;1H. The first-order chi connectivity index (χ1) is 11.0. The molecule has 142 valence electrons. The lowest BCUT2D eigenvalue weighted by Gasteiger charge is -2.27. The summed E-state index contributed by atoms with van der Waals surface area (Å²) < 4.78 is 10.6. The summed E-state index contributed by atoms with van der Waals surface area (Å²) in [5.74, 6) is -1.20. The second kappa shape index (κ2) is 9.77. The Morgan fingerprint density at radius 2 is 1.80 bits per heavy atom. The zero-order valence-electron chi connectivity index (χ0n) is 15.8. The summed E-state index contributed by atoms with van der Waals surface area (Å²) in [6, 6.07) is 4.69. The third-order valence-corrected chi connectivity index (χ3v) is 3.20. The van der Waals surface area contributed by atoms with Gasteiger partial charge in [0.05, 0.1) is 23.8 Å². The molecule has 0 saturated carbocycles.